The lowest BCUT2D eigenvalue weighted by Crippen LogP contribution is -2.50. The van der Waals surface area contributed by atoms with Crippen molar-refractivity contribution in [2.75, 3.05) is 6.61 Å². The molecule has 134 valence electrons. The van der Waals surface area contributed by atoms with Crippen LogP contribution in [0.3, 0.4) is 0 Å². The van der Waals surface area contributed by atoms with Gasteiger partial charge in [0.05, 0.1) is 18.8 Å². The van der Waals surface area contributed by atoms with Gasteiger partial charge in [-0.3, -0.25) is 0 Å². The molecule has 3 N–H and O–H groups in total. The second-order valence-corrected chi connectivity index (χ2v) is 9.66. The largest absolute Gasteiger partial charge is 0.392 e. The molecule has 4 rings (SSSR count). The first kappa shape index (κ1) is 16.8. The first-order valence-corrected chi connectivity index (χ1v) is 9.54. The van der Waals surface area contributed by atoms with E-state index in [2.05, 4.69) is 40.7 Å². The van der Waals surface area contributed by atoms with Gasteiger partial charge in [0.2, 0.25) is 0 Å². The Morgan fingerprint density at radius 2 is 1.83 bits per heavy atom. The molecule has 0 aromatic carbocycles. The van der Waals surface area contributed by atoms with Crippen molar-refractivity contribution >= 4 is 0 Å². The predicted molar refractivity (Wildman–Crippen MR) is 94.1 cm³/mol. The summed E-state index contributed by atoms with van der Waals surface area (Å²) in [5.41, 5.74) is 1.87. The van der Waals surface area contributed by atoms with Gasteiger partial charge >= 0.3 is 0 Å². The molecule has 4 aliphatic carbocycles. The van der Waals surface area contributed by atoms with Gasteiger partial charge in [0.15, 0.2) is 0 Å². The smallest absolute Gasteiger partial charge is 0.0815 e. The Morgan fingerprint density at radius 3 is 2.46 bits per heavy atom. The number of hydrogen-bond acceptors (Lipinski definition) is 3. The highest BCUT2D eigenvalue weighted by atomic mass is 16.3. The zero-order valence-corrected chi connectivity index (χ0v) is 15.5. The molecule has 0 radical (unpaired) electrons. The fourth-order valence-electron chi connectivity index (χ4n) is 6.96. The minimum absolute atomic E-state index is 0.0334. The van der Waals surface area contributed by atoms with Crippen LogP contribution in [0.1, 0.15) is 41.0 Å². The topological polar surface area (TPSA) is 60.7 Å². The fourth-order valence-corrected chi connectivity index (χ4v) is 6.96. The third kappa shape index (κ3) is 1.79. The quantitative estimate of drug-likeness (QED) is 0.647. The Kier molecular flexibility index (Phi) is 3.47. The number of aliphatic hydroxyl groups is 3. The third-order valence-corrected chi connectivity index (χ3v) is 8.51. The van der Waals surface area contributed by atoms with Crippen LogP contribution in [0.15, 0.2) is 23.3 Å². The van der Waals surface area contributed by atoms with Crippen molar-refractivity contribution in [2.45, 2.75) is 53.2 Å². The van der Waals surface area contributed by atoms with Gasteiger partial charge in [-0.2, -0.15) is 0 Å². The van der Waals surface area contributed by atoms with E-state index in [1.165, 1.54) is 5.57 Å². The maximum absolute atomic E-state index is 11.6. The lowest BCUT2D eigenvalue weighted by molar-refractivity contribution is -0.0754. The van der Waals surface area contributed by atoms with Gasteiger partial charge in [-0.15, -0.1) is 0 Å². The summed E-state index contributed by atoms with van der Waals surface area (Å²) in [6.45, 7) is 11.1. The summed E-state index contributed by atoms with van der Waals surface area (Å²) in [5.74, 6) is 1.64. The van der Waals surface area contributed by atoms with Crippen molar-refractivity contribution in [1.29, 1.82) is 0 Å². The number of fused-ring (bicyclic) bond motifs is 3. The van der Waals surface area contributed by atoms with Crippen LogP contribution >= 0.6 is 0 Å². The van der Waals surface area contributed by atoms with E-state index in [1.54, 1.807) is 0 Å². The predicted octanol–water partition coefficient (Wildman–Crippen LogP) is 2.77. The van der Waals surface area contributed by atoms with Gasteiger partial charge in [-0.05, 0) is 48.0 Å². The minimum Gasteiger partial charge on any atom is -0.392 e. The van der Waals surface area contributed by atoms with Crippen molar-refractivity contribution in [3.05, 3.63) is 23.3 Å². The summed E-state index contributed by atoms with van der Waals surface area (Å²) in [4.78, 5) is 0. The molecule has 9 unspecified atom stereocenters. The van der Waals surface area contributed by atoms with Gasteiger partial charge in [0.25, 0.3) is 0 Å². The van der Waals surface area contributed by atoms with Crippen LogP contribution in [-0.2, 0) is 0 Å². The molecule has 1 spiro atoms. The summed E-state index contributed by atoms with van der Waals surface area (Å²) in [6.07, 6.45) is 4.30. The highest BCUT2D eigenvalue weighted by Crippen LogP contribution is 2.72. The van der Waals surface area contributed by atoms with E-state index in [1.807, 2.05) is 6.08 Å². The molecule has 0 aromatic heterocycles. The summed E-state index contributed by atoms with van der Waals surface area (Å²) in [7, 11) is 0. The van der Waals surface area contributed by atoms with Crippen LogP contribution in [-0.4, -0.2) is 34.1 Å². The van der Waals surface area contributed by atoms with Gasteiger partial charge in [0.1, 0.15) is 0 Å². The molecule has 9 atom stereocenters. The number of aliphatic hydroxyl groups excluding tert-OH is 3. The van der Waals surface area contributed by atoms with Gasteiger partial charge in [0, 0.05) is 17.3 Å². The van der Waals surface area contributed by atoms with E-state index in [0.29, 0.717) is 17.8 Å². The van der Waals surface area contributed by atoms with Crippen molar-refractivity contribution in [3.63, 3.8) is 0 Å². The second-order valence-electron chi connectivity index (χ2n) is 9.66. The lowest BCUT2D eigenvalue weighted by atomic mass is 9.60. The molecule has 0 amide bonds. The first-order valence-electron chi connectivity index (χ1n) is 9.54. The Morgan fingerprint density at radius 1 is 1.17 bits per heavy atom. The van der Waals surface area contributed by atoms with E-state index >= 15 is 0 Å². The molecule has 0 heterocycles. The van der Waals surface area contributed by atoms with Crippen LogP contribution in [0.2, 0.25) is 0 Å². The second kappa shape index (κ2) is 4.96. The molecule has 0 aliphatic heterocycles. The van der Waals surface area contributed by atoms with E-state index < -0.39 is 12.2 Å². The van der Waals surface area contributed by atoms with Gasteiger partial charge in [-0.25, -0.2) is 0 Å². The molecule has 3 nitrogen and oxygen atoms in total. The van der Waals surface area contributed by atoms with Crippen LogP contribution < -0.4 is 0 Å². The van der Waals surface area contributed by atoms with Crippen molar-refractivity contribution < 1.29 is 15.3 Å². The molecule has 4 aliphatic rings. The zero-order valence-electron chi connectivity index (χ0n) is 15.5. The molecular weight excluding hydrogens is 300 g/mol. The molecule has 0 aromatic rings. The lowest BCUT2D eigenvalue weighted by Gasteiger charge is -2.46. The highest BCUT2D eigenvalue weighted by Gasteiger charge is 2.70. The van der Waals surface area contributed by atoms with Crippen LogP contribution in [0.4, 0.5) is 0 Å². The van der Waals surface area contributed by atoms with E-state index in [0.717, 1.165) is 12.0 Å². The monoisotopic (exact) mass is 332 g/mol. The fraction of sp³-hybridized carbons (Fsp3) is 0.810. The first-order chi connectivity index (χ1) is 11.2. The maximum atomic E-state index is 11.6. The van der Waals surface area contributed by atoms with Crippen LogP contribution in [0.5, 0.6) is 0 Å². The molecule has 3 heteroatoms. The number of hydrogen-bond donors (Lipinski definition) is 3. The molecule has 24 heavy (non-hydrogen) atoms. The van der Waals surface area contributed by atoms with E-state index in [4.69, 9.17) is 0 Å². The average Bonchev–Trinajstić information content (AvgIpc) is 2.98. The highest BCUT2D eigenvalue weighted by molar-refractivity contribution is 5.36. The zero-order chi connectivity index (χ0) is 17.6. The molecule has 0 saturated heterocycles. The standard InChI is InChI=1S/C21H32O3/c1-10-8-21-11(2)6-15-17(20(15,4)5)14(19(21)24)7-13(9-22)18(23)16(21)12(10)3/h7-8,11-12,14-19,22-24H,6,9H2,1-5H3. The summed E-state index contributed by atoms with van der Waals surface area (Å²) in [6, 6.07) is 0. The Balaban J connectivity index is 1.92. The Bertz CT molecular complexity index is 619. The van der Waals surface area contributed by atoms with Crippen molar-refractivity contribution in [3.8, 4) is 0 Å². The molecule has 2 fully saturated rings. The van der Waals surface area contributed by atoms with Gasteiger partial charge in [-0.1, -0.05) is 45.4 Å². The SMILES string of the molecule is CC1=CC23C(C)CC4C(C(C=C(CO)C(O)C2C1C)C3O)C4(C)C. The molecular formula is C21H32O3. The van der Waals surface area contributed by atoms with Crippen LogP contribution in [0, 0.1) is 46.3 Å². The van der Waals surface area contributed by atoms with E-state index in [9.17, 15) is 15.3 Å². The Labute approximate surface area is 145 Å². The van der Waals surface area contributed by atoms with Crippen LogP contribution in [0.25, 0.3) is 0 Å². The summed E-state index contributed by atoms with van der Waals surface area (Å²) >= 11 is 0. The van der Waals surface area contributed by atoms with E-state index in [-0.39, 0.29) is 35.2 Å². The molecule has 2 bridgehead atoms. The van der Waals surface area contributed by atoms with Gasteiger partial charge < -0.3 is 15.3 Å². The van der Waals surface area contributed by atoms with Crippen molar-refractivity contribution in [1.82, 2.24) is 0 Å². The van der Waals surface area contributed by atoms with Crippen molar-refractivity contribution in [2.24, 2.45) is 46.3 Å². The number of rotatable bonds is 1. The Hall–Kier alpha value is -0.640. The molecule has 2 saturated carbocycles. The minimum atomic E-state index is -0.667. The normalized spacial score (nSPS) is 54.8. The maximum Gasteiger partial charge on any atom is 0.0815 e. The average molecular weight is 332 g/mol. The summed E-state index contributed by atoms with van der Waals surface area (Å²) in [5, 5.41) is 32.6. The third-order valence-electron chi connectivity index (χ3n) is 8.51. The summed E-state index contributed by atoms with van der Waals surface area (Å²) < 4.78 is 0. The number of allylic oxidation sites excluding steroid dienone is 1.